The number of hydrogen-bond donors (Lipinski definition) is 1. The van der Waals surface area contributed by atoms with Crippen molar-refractivity contribution in [2.45, 2.75) is 13.0 Å². The molecule has 4 heteroatoms. The van der Waals surface area contributed by atoms with Gasteiger partial charge in [0, 0.05) is 0 Å². The average Bonchev–Trinajstić information content (AvgIpc) is 2.66. The van der Waals surface area contributed by atoms with E-state index in [9.17, 15) is 4.79 Å². The second kappa shape index (κ2) is 6.06. The molecule has 1 rings (SSSR count). The van der Waals surface area contributed by atoms with Crippen LogP contribution in [0.1, 0.15) is 6.92 Å². The Balaban J connectivity index is 2.87. The zero-order valence-electron chi connectivity index (χ0n) is 9.97. The molecule has 0 aromatic carbocycles. The zero-order chi connectivity index (χ0) is 12.8. The third kappa shape index (κ3) is 3.32. The normalized spacial score (nSPS) is 21.1. The average molecular weight is 236 g/mol. The lowest BCUT2D eigenvalue weighted by atomic mass is 10.1. The molecule has 0 radical (unpaired) electrons. The van der Waals surface area contributed by atoms with E-state index in [1.807, 2.05) is 0 Å². The predicted octanol–water partition coefficient (Wildman–Crippen LogP) is 2.06. The molecule has 1 N–H and O–H groups in total. The van der Waals surface area contributed by atoms with Gasteiger partial charge in [0.2, 0.25) is 0 Å². The maximum absolute atomic E-state index is 11.0. The molecule has 1 aliphatic heterocycles. The van der Waals surface area contributed by atoms with E-state index in [4.69, 9.17) is 14.6 Å². The summed E-state index contributed by atoms with van der Waals surface area (Å²) in [4.78, 5) is 11.0. The van der Waals surface area contributed by atoms with Gasteiger partial charge in [-0.2, -0.15) is 0 Å². The number of rotatable bonds is 5. The van der Waals surface area contributed by atoms with Crippen LogP contribution < -0.4 is 0 Å². The molecule has 1 atom stereocenters. The zero-order valence-corrected chi connectivity index (χ0v) is 9.97. The Morgan fingerprint density at radius 1 is 1.65 bits per heavy atom. The molecular formula is C13H16O4. The highest BCUT2D eigenvalue weighted by Crippen LogP contribution is 2.22. The van der Waals surface area contributed by atoms with Crippen LogP contribution in [-0.2, 0) is 14.3 Å². The minimum atomic E-state index is -0.936. The van der Waals surface area contributed by atoms with Crippen molar-refractivity contribution in [1.82, 2.24) is 0 Å². The highest BCUT2D eigenvalue weighted by Gasteiger charge is 2.26. The smallest absolute Gasteiger partial charge is 0.334 e. The van der Waals surface area contributed by atoms with Crippen molar-refractivity contribution in [2.75, 3.05) is 13.7 Å². The first-order valence-electron chi connectivity index (χ1n) is 5.22. The standard InChI is InChI=1S/C13H16O4/c1-4-11(16-3)7-5-6-10-8-17-9(2)12(10)13(14)15/h4-7,9H,1,8H2,2-3H3,(H,14,15)/b6-5+,11-7+. The van der Waals surface area contributed by atoms with Gasteiger partial charge in [0.05, 0.1) is 25.4 Å². The topological polar surface area (TPSA) is 55.8 Å². The summed E-state index contributed by atoms with van der Waals surface area (Å²) in [5, 5.41) is 9.03. The van der Waals surface area contributed by atoms with Crippen LogP contribution in [0.4, 0.5) is 0 Å². The van der Waals surface area contributed by atoms with Crippen molar-refractivity contribution in [3.63, 3.8) is 0 Å². The third-order valence-electron chi connectivity index (χ3n) is 2.47. The minimum Gasteiger partial charge on any atom is -0.497 e. The Morgan fingerprint density at radius 3 is 2.88 bits per heavy atom. The van der Waals surface area contributed by atoms with Crippen LogP contribution in [0.5, 0.6) is 0 Å². The number of ether oxygens (including phenoxy) is 2. The number of hydrogen-bond acceptors (Lipinski definition) is 3. The Labute approximate surface area is 101 Å². The molecule has 92 valence electrons. The second-order valence-corrected chi connectivity index (χ2v) is 3.53. The van der Waals surface area contributed by atoms with Gasteiger partial charge >= 0.3 is 5.97 Å². The van der Waals surface area contributed by atoms with Crippen LogP contribution in [0, 0.1) is 0 Å². The molecule has 1 heterocycles. The summed E-state index contributed by atoms with van der Waals surface area (Å²) in [7, 11) is 1.55. The van der Waals surface area contributed by atoms with Gasteiger partial charge in [0.25, 0.3) is 0 Å². The Kier molecular flexibility index (Phi) is 4.72. The summed E-state index contributed by atoms with van der Waals surface area (Å²) in [5.74, 6) is -0.319. The molecule has 0 fully saturated rings. The van der Waals surface area contributed by atoms with Crippen molar-refractivity contribution in [3.05, 3.63) is 47.8 Å². The van der Waals surface area contributed by atoms with Crippen LogP contribution in [0.2, 0.25) is 0 Å². The highest BCUT2D eigenvalue weighted by molar-refractivity contribution is 5.90. The summed E-state index contributed by atoms with van der Waals surface area (Å²) >= 11 is 0. The van der Waals surface area contributed by atoms with Crippen molar-refractivity contribution in [3.8, 4) is 0 Å². The third-order valence-corrected chi connectivity index (χ3v) is 2.47. The van der Waals surface area contributed by atoms with E-state index in [0.717, 1.165) is 0 Å². The van der Waals surface area contributed by atoms with Gasteiger partial charge in [0.1, 0.15) is 5.76 Å². The fourth-order valence-corrected chi connectivity index (χ4v) is 1.56. The second-order valence-electron chi connectivity index (χ2n) is 3.53. The summed E-state index contributed by atoms with van der Waals surface area (Å²) in [6.07, 6.45) is 6.36. The summed E-state index contributed by atoms with van der Waals surface area (Å²) < 4.78 is 10.3. The van der Waals surface area contributed by atoms with E-state index in [0.29, 0.717) is 23.5 Å². The molecule has 1 aliphatic rings. The van der Waals surface area contributed by atoms with Gasteiger partial charge in [-0.25, -0.2) is 4.79 Å². The molecule has 0 bridgehead atoms. The van der Waals surface area contributed by atoms with Crippen molar-refractivity contribution < 1.29 is 19.4 Å². The fraction of sp³-hybridized carbons (Fsp3) is 0.308. The van der Waals surface area contributed by atoms with Crippen LogP contribution in [0.3, 0.4) is 0 Å². The number of aliphatic carboxylic acids is 1. The van der Waals surface area contributed by atoms with Gasteiger partial charge < -0.3 is 14.6 Å². The lowest BCUT2D eigenvalue weighted by Crippen LogP contribution is -2.12. The summed E-state index contributed by atoms with van der Waals surface area (Å²) in [5.41, 5.74) is 0.994. The molecular weight excluding hydrogens is 220 g/mol. The molecule has 0 amide bonds. The Hall–Kier alpha value is -1.81. The molecule has 4 nitrogen and oxygen atoms in total. The number of carboxylic acids is 1. The van der Waals surface area contributed by atoms with E-state index in [2.05, 4.69) is 6.58 Å². The quantitative estimate of drug-likeness (QED) is 0.586. The Morgan fingerprint density at radius 2 is 2.35 bits per heavy atom. The van der Waals surface area contributed by atoms with Crippen LogP contribution >= 0.6 is 0 Å². The molecule has 0 spiro atoms. The highest BCUT2D eigenvalue weighted by atomic mass is 16.5. The first-order valence-corrected chi connectivity index (χ1v) is 5.22. The summed E-state index contributed by atoms with van der Waals surface area (Å²) in [6.45, 7) is 5.63. The number of carboxylic acid groups (broad SMARTS) is 1. The van der Waals surface area contributed by atoms with E-state index in [1.165, 1.54) is 0 Å². The molecule has 17 heavy (non-hydrogen) atoms. The first-order chi connectivity index (χ1) is 8.10. The monoisotopic (exact) mass is 236 g/mol. The number of carbonyl (C=O) groups is 1. The van der Waals surface area contributed by atoms with Crippen LogP contribution in [0.15, 0.2) is 47.8 Å². The maximum Gasteiger partial charge on any atom is 0.334 e. The fourth-order valence-electron chi connectivity index (χ4n) is 1.56. The molecule has 0 aliphatic carbocycles. The number of allylic oxidation sites excluding steroid dienone is 3. The van der Waals surface area contributed by atoms with Gasteiger partial charge in [-0.05, 0) is 24.6 Å². The van der Waals surface area contributed by atoms with E-state index in [1.54, 1.807) is 38.3 Å². The number of methoxy groups -OCH3 is 1. The van der Waals surface area contributed by atoms with Crippen molar-refractivity contribution >= 4 is 5.97 Å². The predicted molar refractivity (Wildman–Crippen MR) is 64.5 cm³/mol. The van der Waals surface area contributed by atoms with Gasteiger partial charge in [-0.3, -0.25) is 0 Å². The molecule has 0 aromatic rings. The first kappa shape index (κ1) is 13.3. The van der Waals surface area contributed by atoms with E-state index < -0.39 is 5.97 Å². The van der Waals surface area contributed by atoms with Gasteiger partial charge in [0.15, 0.2) is 0 Å². The molecule has 1 unspecified atom stereocenters. The van der Waals surface area contributed by atoms with Gasteiger partial charge in [-0.15, -0.1) is 0 Å². The summed E-state index contributed by atoms with van der Waals surface area (Å²) in [6, 6.07) is 0. The van der Waals surface area contributed by atoms with E-state index >= 15 is 0 Å². The van der Waals surface area contributed by atoms with Crippen molar-refractivity contribution in [2.24, 2.45) is 0 Å². The lowest BCUT2D eigenvalue weighted by molar-refractivity contribution is -0.133. The molecule has 0 aromatic heterocycles. The maximum atomic E-state index is 11.0. The minimum absolute atomic E-state index is 0.312. The SMILES string of the molecule is C=C/C(=C\C=C\C1=C(C(=O)O)C(C)OC1)OC. The van der Waals surface area contributed by atoms with Crippen LogP contribution in [0.25, 0.3) is 0 Å². The van der Waals surface area contributed by atoms with Crippen molar-refractivity contribution in [1.29, 1.82) is 0 Å². The molecule has 0 saturated carbocycles. The largest absolute Gasteiger partial charge is 0.497 e. The van der Waals surface area contributed by atoms with E-state index in [-0.39, 0.29) is 6.10 Å². The molecule has 0 saturated heterocycles. The van der Waals surface area contributed by atoms with Crippen LogP contribution in [-0.4, -0.2) is 30.9 Å². The Bertz CT molecular complexity index is 402. The lowest BCUT2D eigenvalue weighted by Gasteiger charge is -2.02. The van der Waals surface area contributed by atoms with Gasteiger partial charge in [-0.1, -0.05) is 18.7 Å².